The minimum atomic E-state index is -0.111. The Kier molecular flexibility index (Phi) is 6.87. The highest BCUT2D eigenvalue weighted by molar-refractivity contribution is 8.14. The Morgan fingerprint density at radius 1 is 1.11 bits per heavy atom. The molecule has 1 aliphatic heterocycles. The van der Waals surface area contributed by atoms with E-state index in [0.717, 1.165) is 23.0 Å². The van der Waals surface area contributed by atoms with Crippen LogP contribution >= 0.6 is 11.8 Å². The smallest absolute Gasteiger partial charge is 0.266 e. The predicted octanol–water partition coefficient (Wildman–Crippen LogP) is 4.70. The molecule has 146 valence electrons. The van der Waals surface area contributed by atoms with Gasteiger partial charge in [-0.2, -0.15) is 0 Å². The number of hydrogen-bond donors (Lipinski definition) is 0. The summed E-state index contributed by atoms with van der Waals surface area (Å²) in [6.45, 7) is 3.84. The van der Waals surface area contributed by atoms with Gasteiger partial charge in [0.25, 0.3) is 5.91 Å². The summed E-state index contributed by atoms with van der Waals surface area (Å²) in [7, 11) is 0. The van der Waals surface area contributed by atoms with Crippen LogP contribution in [0.1, 0.15) is 37.0 Å². The second kappa shape index (κ2) is 9.55. The molecule has 0 N–H and O–H groups in total. The number of carbonyl (C=O) groups excluding carboxylic acids is 2. The molecule has 1 atom stereocenters. The van der Waals surface area contributed by atoms with E-state index in [1.807, 2.05) is 37.3 Å². The Morgan fingerprint density at radius 3 is 2.46 bits per heavy atom. The fourth-order valence-corrected chi connectivity index (χ4v) is 4.22. The van der Waals surface area contributed by atoms with Crippen LogP contribution in [0.4, 0.5) is 5.69 Å². The van der Waals surface area contributed by atoms with E-state index >= 15 is 0 Å². The Balaban J connectivity index is 1.68. The van der Waals surface area contributed by atoms with Gasteiger partial charge in [-0.05, 0) is 42.8 Å². The lowest BCUT2D eigenvalue weighted by Crippen LogP contribution is -2.41. The summed E-state index contributed by atoms with van der Waals surface area (Å²) >= 11 is 1.60. The van der Waals surface area contributed by atoms with Crippen LogP contribution < -0.4 is 4.74 Å². The van der Waals surface area contributed by atoms with Crippen molar-refractivity contribution in [2.24, 2.45) is 4.99 Å². The van der Waals surface area contributed by atoms with Gasteiger partial charge < -0.3 is 4.74 Å². The Labute approximate surface area is 169 Å². The minimum Gasteiger partial charge on any atom is -0.484 e. The first-order valence-corrected chi connectivity index (χ1v) is 10.5. The van der Waals surface area contributed by atoms with Crippen molar-refractivity contribution in [1.29, 1.82) is 0 Å². The normalized spacial score (nSPS) is 17.7. The number of amidine groups is 1. The van der Waals surface area contributed by atoms with Gasteiger partial charge in [0, 0.05) is 23.8 Å². The van der Waals surface area contributed by atoms with Gasteiger partial charge in [-0.3, -0.25) is 14.5 Å². The summed E-state index contributed by atoms with van der Waals surface area (Å²) in [5, 5.41) is 0.718. The second-order valence-electron chi connectivity index (χ2n) is 6.46. The first-order valence-electron chi connectivity index (χ1n) is 9.47. The van der Waals surface area contributed by atoms with Crippen molar-refractivity contribution < 1.29 is 14.3 Å². The number of rotatable bonds is 7. The highest BCUT2D eigenvalue weighted by Gasteiger charge is 2.34. The van der Waals surface area contributed by atoms with Crippen LogP contribution in [0.15, 0.2) is 59.6 Å². The Hall–Kier alpha value is -2.60. The largest absolute Gasteiger partial charge is 0.484 e. The maximum Gasteiger partial charge on any atom is 0.266 e. The molecule has 1 aliphatic rings. The van der Waals surface area contributed by atoms with E-state index in [9.17, 15) is 9.59 Å². The molecule has 0 saturated carbocycles. The average molecular weight is 397 g/mol. The number of amides is 1. The van der Waals surface area contributed by atoms with Crippen LogP contribution in [-0.4, -0.2) is 40.2 Å². The van der Waals surface area contributed by atoms with Gasteiger partial charge in [0.05, 0.1) is 5.69 Å². The predicted molar refractivity (Wildman–Crippen MR) is 113 cm³/mol. The maximum atomic E-state index is 12.9. The zero-order chi connectivity index (χ0) is 19.9. The number of hydrogen-bond acceptors (Lipinski definition) is 5. The van der Waals surface area contributed by atoms with Gasteiger partial charge in [-0.1, -0.05) is 43.8 Å². The third-order valence-electron chi connectivity index (χ3n) is 4.56. The number of thioether (sulfide) groups is 1. The van der Waals surface area contributed by atoms with Gasteiger partial charge in [-0.25, -0.2) is 4.99 Å². The number of Topliss-reactive ketones (excluding diaryl/α,β-unsaturated/α-hetero) is 1. The fraction of sp³-hybridized carbons (Fsp3) is 0.318. The maximum absolute atomic E-state index is 12.9. The zero-order valence-electron chi connectivity index (χ0n) is 16.1. The van der Waals surface area contributed by atoms with Crippen molar-refractivity contribution in [3.8, 4) is 5.75 Å². The lowest BCUT2D eigenvalue weighted by atomic mass is 10.1. The summed E-state index contributed by atoms with van der Waals surface area (Å²) < 4.78 is 5.67. The van der Waals surface area contributed by atoms with Gasteiger partial charge in [0.15, 0.2) is 17.6 Å². The molecule has 5 nitrogen and oxygen atoms in total. The van der Waals surface area contributed by atoms with Crippen molar-refractivity contribution in [2.75, 3.05) is 12.4 Å². The molecule has 0 spiro atoms. The average Bonchev–Trinajstić information content (AvgIpc) is 3.15. The molecule has 6 heteroatoms. The zero-order valence-corrected chi connectivity index (χ0v) is 16.9. The van der Waals surface area contributed by atoms with E-state index in [0.29, 0.717) is 17.7 Å². The van der Waals surface area contributed by atoms with E-state index in [1.165, 1.54) is 0 Å². The Bertz CT molecular complexity index is 850. The van der Waals surface area contributed by atoms with E-state index < -0.39 is 0 Å². The number of benzene rings is 2. The van der Waals surface area contributed by atoms with E-state index in [1.54, 1.807) is 40.9 Å². The van der Waals surface area contributed by atoms with Gasteiger partial charge in [0.2, 0.25) is 0 Å². The molecule has 0 aromatic heterocycles. The summed E-state index contributed by atoms with van der Waals surface area (Å²) in [6, 6.07) is 16.7. The highest BCUT2D eigenvalue weighted by atomic mass is 32.2. The van der Waals surface area contributed by atoms with Gasteiger partial charge >= 0.3 is 0 Å². The monoisotopic (exact) mass is 396 g/mol. The first-order chi connectivity index (χ1) is 13.6. The summed E-state index contributed by atoms with van der Waals surface area (Å²) in [6.07, 6.45) is 1.33. The quantitative estimate of drug-likeness (QED) is 0.637. The van der Waals surface area contributed by atoms with Crippen molar-refractivity contribution >= 4 is 34.3 Å². The van der Waals surface area contributed by atoms with Crippen molar-refractivity contribution in [3.63, 3.8) is 0 Å². The van der Waals surface area contributed by atoms with E-state index in [-0.39, 0.29) is 24.3 Å². The first kappa shape index (κ1) is 20.1. The number of aliphatic imine (C=N–C) groups is 1. The van der Waals surface area contributed by atoms with Crippen molar-refractivity contribution in [1.82, 2.24) is 4.90 Å². The van der Waals surface area contributed by atoms with Crippen molar-refractivity contribution in [2.45, 2.75) is 32.7 Å². The number of para-hydroxylation sites is 1. The van der Waals surface area contributed by atoms with E-state index in [4.69, 9.17) is 4.74 Å². The summed E-state index contributed by atoms with van der Waals surface area (Å²) in [5.41, 5.74) is 1.48. The molecular weight excluding hydrogens is 372 g/mol. The van der Waals surface area contributed by atoms with Crippen LogP contribution in [0.2, 0.25) is 0 Å². The summed E-state index contributed by atoms with van der Waals surface area (Å²) in [4.78, 5) is 31.0. The van der Waals surface area contributed by atoms with Gasteiger partial charge in [0.1, 0.15) is 5.75 Å². The summed E-state index contributed by atoms with van der Waals surface area (Å²) in [5.74, 6) is 1.38. The molecule has 1 saturated heterocycles. The molecule has 0 aliphatic carbocycles. The third kappa shape index (κ3) is 4.81. The Morgan fingerprint density at radius 2 is 1.82 bits per heavy atom. The van der Waals surface area contributed by atoms with Crippen LogP contribution in [0.3, 0.4) is 0 Å². The van der Waals surface area contributed by atoms with Gasteiger partial charge in [-0.15, -0.1) is 0 Å². The highest BCUT2D eigenvalue weighted by Crippen LogP contribution is 2.29. The van der Waals surface area contributed by atoms with Crippen LogP contribution in [0.5, 0.6) is 5.75 Å². The molecule has 2 aromatic carbocycles. The lowest BCUT2D eigenvalue weighted by Gasteiger charge is -2.23. The standard InChI is InChI=1S/C22H24N2O3S/c1-3-18-15-28-22(23-17-8-6-5-7-9-17)24(18)21(26)14-27-19-12-10-16(11-13-19)20(25)4-2/h5-13,18H,3-4,14-15H2,1-2H3/t18-/m1/s1. The topological polar surface area (TPSA) is 59.0 Å². The molecule has 1 heterocycles. The fourth-order valence-electron chi connectivity index (χ4n) is 2.94. The molecule has 0 unspecified atom stereocenters. The molecular formula is C22H24N2O3S. The molecule has 2 aromatic rings. The SMILES string of the molecule is CCC(=O)c1ccc(OCC(=O)N2C(=Nc3ccccc3)SC[C@H]2CC)cc1. The minimum absolute atomic E-state index is 0.0636. The second-order valence-corrected chi connectivity index (χ2v) is 7.44. The molecule has 28 heavy (non-hydrogen) atoms. The van der Waals surface area contributed by atoms with Crippen LogP contribution in [-0.2, 0) is 4.79 Å². The number of nitrogens with zero attached hydrogens (tertiary/aromatic N) is 2. The van der Waals surface area contributed by atoms with Crippen LogP contribution in [0.25, 0.3) is 0 Å². The molecule has 0 radical (unpaired) electrons. The lowest BCUT2D eigenvalue weighted by molar-refractivity contribution is -0.130. The molecule has 0 bridgehead atoms. The number of ketones is 1. The third-order valence-corrected chi connectivity index (χ3v) is 5.65. The van der Waals surface area contributed by atoms with Crippen LogP contribution in [0, 0.1) is 0 Å². The number of carbonyl (C=O) groups is 2. The molecule has 3 rings (SSSR count). The number of ether oxygens (including phenoxy) is 1. The molecule has 1 fully saturated rings. The molecule has 1 amide bonds. The van der Waals surface area contributed by atoms with Crippen molar-refractivity contribution in [3.05, 3.63) is 60.2 Å². The van der Waals surface area contributed by atoms with E-state index in [2.05, 4.69) is 11.9 Å².